The summed E-state index contributed by atoms with van der Waals surface area (Å²) in [6, 6.07) is 0. The number of rotatable bonds is 26. The average Bonchev–Trinajstić information content (AvgIpc) is 2.87. The van der Waals surface area contributed by atoms with E-state index in [1.165, 1.54) is 0 Å². The summed E-state index contributed by atoms with van der Waals surface area (Å²) in [5, 5.41) is 0. The minimum absolute atomic E-state index is 0.285. The van der Waals surface area contributed by atoms with Crippen molar-refractivity contribution < 1.29 is 47.4 Å². The van der Waals surface area contributed by atoms with Crippen LogP contribution in [0.1, 0.15) is 20.8 Å². The maximum Gasteiger partial charge on any atom is 0.410 e. The molecular weight excluding hydrogens is 498 g/mol. The lowest BCUT2D eigenvalue weighted by molar-refractivity contribution is -0.0132. The Morgan fingerprint density at radius 1 is 0.553 bits per heavy atom. The third-order valence-corrected chi connectivity index (χ3v) is 4.27. The summed E-state index contributed by atoms with van der Waals surface area (Å²) in [5.74, 6) is 4.78. The molecule has 0 aliphatic heterocycles. The largest absolute Gasteiger partial charge is 0.444 e. The molecule has 0 fully saturated rings. The van der Waals surface area contributed by atoms with Crippen molar-refractivity contribution in [1.82, 2.24) is 4.90 Å². The highest BCUT2D eigenvalue weighted by atomic mass is 16.6. The quantitative estimate of drug-likeness (QED) is 0.118. The second kappa shape index (κ2) is 26.7. The first-order valence-corrected chi connectivity index (χ1v) is 12.9. The molecule has 0 spiro atoms. The third-order valence-electron chi connectivity index (χ3n) is 4.27. The summed E-state index contributed by atoms with van der Waals surface area (Å²) in [4.78, 5) is 14.1. The van der Waals surface area contributed by atoms with Gasteiger partial charge in [0.1, 0.15) is 18.8 Å². The third kappa shape index (κ3) is 27.1. The Labute approximate surface area is 228 Å². The van der Waals surface area contributed by atoms with Crippen molar-refractivity contribution in [3.63, 3.8) is 0 Å². The molecule has 0 aromatic rings. The molecule has 11 heteroatoms. The zero-order chi connectivity index (χ0) is 28.2. The van der Waals surface area contributed by atoms with Crippen LogP contribution in [0.4, 0.5) is 4.79 Å². The topological polar surface area (TPSA) is 103 Å². The Kier molecular flexibility index (Phi) is 25.3. The van der Waals surface area contributed by atoms with Gasteiger partial charge in [0, 0.05) is 13.1 Å². The number of hydrogen-bond donors (Lipinski definition) is 0. The first kappa shape index (κ1) is 36.1. The zero-order valence-electron chi connectivity index (χ0n) is 23.4. The Morgan fingerprint density at radius 2 is 0.842 bits per heavy atom. The van der Waals surface area contributed by atoms with Gasteiger partial charge in [0.05, 0.1) is 92.5 Å². The van der Waals surface area contributed by atoms with E-state index in [-0.39, 0.29) is 13.2 Å². The first-order chi connectivity index (χ1) is 18.4. The van der Waals surface area contributed by atoms with Crippen molar-refractivity contribution in [3.8, 4) is 24.7 Å². The summed E-state index contributed by atoms with van der Waals surface area (Å²) >= 11 is 0. The fourth-order valence-electron chi connectivity index (χ4n) is 2.55. The predicted octanol–water partition coefficient (Wildman–Crippen LogP) is 1.62. The number of ether oxygens (including phenoxy) is 9. The van der Waals surface area contributed by atoms with Crippen molar-refractivity contribution in [2.75, 3.05) is 119 Å². The fraction of sp³-hybridized carbons (Fsp3) is 0.815. The van der Waals surface area contributed by atoms with Crippen LogP contribution in [0, 0.1) is 24.7 Å². The zero-order valence-corrected chi connectivity index (χ0v) is 23.4. The summed E-state index contributed by atoms with van der Waals surface area (Å²) in [6.45, 7) is 12.9. The van der Waals surface area contributed by atoms with Gasteiger partial charge in [-0.1, -0.05) is 11.8 Å². The van der Waals surface area contributed by atoms with Gasteiger partial charge in [-0.25, -0.2) is 4.79 Å². The molecule has 0 radical (unpaired) electrons. The van der Waals surface area contributed by atoms with Gasteiger partial charge >= 0.3 is 6.09 Å². The Bertz CT molecular complexity index is 587. The monoisotopic (exact) mass is 545 g/mol. The predicted molar refractivity (Wildman–Crippen MR) is 142 cm³/mol. The van der Waals surface area contributed by atoms with Gasteiger partial charge in [-0.2, -0.15) is 0 Å². The molecule has 0 bridgehead atoms. The van der Waals surface area contributed by atoms with E-state index in [0.29, 0.717) is 106 Å². The van der Waals surface area contributed by atoms with Crippen LogP contribution in [0.15, 0.2) is 0 Å². The molecule has 220 valence electrons. The fourth-order valence-corrected chi connectivity index (χ4v) is 2.55. The van der Waals surface area contributed by atoms with Gasteiger partial charge in [0.15, 0.2) is 0 Å². The van der Waals surface area contributed by atoms with Crippen LogP contribution in [-0.2, 0) is 42.6 Å². The van der Waals surface area contributed by atoms with E-state index < -0.39 is 11.7 Å². The number of nitrogens with zero attached hydrogens (tertiary/aromatic N) is 1. The van der Waals surface area contributed by atoms with Crippen LogP contribution in [0.2, 0.25) is 0 Å². The second-order valence-electron chi connectivity index (χ2n) is 8.66. The first-order valence-electron chi connectivity index (χ1n) is 12.9. The Hall–Kier alpha value is -1.93. The molecule has 11 nitrogen and oxygen atoms in total. The van der Waals surface area contributed by atoms with Gasteiger partial charge in [-0.05, 0) is 20.8 Å². The van der Waals surface area contributed by atoms with Gasteiger partial charge in [-0.3, -0.25) is 0 Å². The lowest BCUT2D eigenvalue weighted by Gasteiger charge is -2.27. The van der Waals surface area contributed by atoms with Crippen LogP contribution < -0.4 is 0 Å². The van der Waals surface area contributed by atoms with Crippen molar-refractivity contribution in [3.05, 3.63) is 0 Å². The van der Waals surface area contributed by atoms with E-state index >= 15 is 0 Å². The lowest BCUT2D eigenvalue weighted by atomic mass is 10.2. The maximum absolute atomic E-state index is 12.5. The minimum Gasteiger partial charge on any atom is -0.444 e. The standard InChI is InChI=1S/C27H47NO10/c1-6-10-30-14-18-34-22-24-36-20-16-32-12-8-28(26(29)38-27(3,4)5)9-13-33-17-21-37-25-23-35-19-15-31-11-7-2/h1-2H,8-25H2,3-5H3. The normalized spacial score (nSPS) is 11.2. The molecule has 0 rings (SSSR count). The molecule has 0 aromatic heterocycles. The Balaban J connectivity index is 3.87. The van der Waals surface area contributed by atoms with Gasteiger partial charge in [0.2, 0.25) is 0 Å². The number of terminal acetylenes is 2. The number of hydrogen-bond acceptors (Lipinski definition) is 10. The molecular formula is C27H47NO10. The summed E-state index contributed by atoms with van der Waals surface area (Å²) < 4.78 is 48.5. The smallest absolute Gasteiger partial charge is 0.410 e. The molecule has 0 N–H and O–H groups in total. The van der Waals surface area contributed by atoms with E-state index in [0.717, 1.165) is 0 Å². The molecule has 0 aliphatic carbocycles. The maximum atomic E-state index is 12.5. The second-order valence-corrected chi connectivity index (χ2v) is 8.66. The molecule has 0 aromatic carbocycles. The highest BCUT2D eigenvalue weighted by molar-refractivity contribution is 5.68. The van der Waals surface area contributed by atoms with Gasteiger partial charge in [0.25, 0.3) is 0 Å². The SMILES string of the molecule is C#CCOCCOCCOCCOCCN(CCOCCOCCOCCOCC#C)C(=O)OC(C)(C)C. The van der Waals surface area contributed by atoms with Gasteiger partial charge in [-0.15, -0.1) is 12.8 Å². The van der Waals surface area contributed by atoms with Gasteiger partial charge < -0.3 is 47.5 Å². The van der Waals surface area contributed by atoms with E-state index in [1.54, 1.807) is 4.90 Å². The molecule has 0 heterocycles. The summed E-state index contributed by atoms with van der Waals surface area (Å²) in [5.41, 5.74) is -0.594. The number of carbonyl (C=O) groups excluding carboxylic acids is 1. The van der Waals surface area contributed by atoms with Crippen molar-refractivity contribution in [2.45, 2.75) is 26.4 Å². The Morgan fingerprint density at radius 3 is 1.13 bits per heavy atom. The summed E-state index contributed by atoms with van der Waals surface area (Å²) in [7, 11) is 0. The van der Waals surface area contributed by atoms with Crippen LogP contribution in [0.25, 0.3) is 0 Å². The average molecular weight is 546 g/mol. The lowest BCUT2D eigenvalue weighted by Crippen LogP contribution is -2.40. The molecule has 0 atom stereocenters. The molecule has 1 amide bonds. The number of carbonyl (C=O) groups is 1. The molecule has 0 unspecified atom stereocenters. The molecule has 38 heavy (non-hydrogen) atoms. The molecule has 0 saturated heterocycles. The highest BCUT2D eigenvalue weighted by Gasteiger charge is 2.21. The van der Waals surface area contributed by atoms with E-state index in [1.807, 2.05) is 20.8 Å². The van der Waals surface area contributed by atoms with Crippen molar-refractivity contribution in [1.29, 1.82) is 0 Å². The van der Waals surface area contributed by atoms with Crippen molar-refractivity contribution in [2.24, 2.45) is 0 Å². The minimum atomic E-state index is -0.594. The van der Waals surface area contributed by atoms with E-state index in [4.69, 9.17) is 55.5 Å². The van der Waals surface area contributed by atoms with E-state index in [9.17, 15) is 4.79 Å². The molecule has 0 aliphatic rings. The van der Waals surface area contributed by atoms with Crippen LogP contribution in [0.3, 0.4) is 0 Å². The number of amides is 1. The molecule has 0 saturated carbocycles. The van der Waals surface area contributed by atoms with E-state index in [2.05, 4.69) is 11.8 Å². The highest BCUT2D eigenvalue weighted by Crippen LogP contribution is 2.10. The van der Waals surface area contributed by atoms with Crippen LogP contribution in [-0.4, -0.2) is 135 Å². The van der Waals surface area contributed by atoms with Crippen molar-refractivity contribution >= 4 is 6.09 Å². The van der Waals surface area contributed by atoms with Crippen LogP contribution in [0.5, 0.6) is 0 Å². The van der Waals surface area contributed by atoms with Crippen LogP contribution >= 0.6 is 0 Å². The summed E-state index contributed by atoms with van der Waals surface area (Å²) in [6.07, 6.45) is 9.76.